The molecule has 0 aliphatic carbocycles. The third-order valence-corrected chi connectivity index (χ3v) is 1.74. The molecular formula is C9H6ClNO2. The van der Waals surface area contributed by atoms with Gasteiger partial charge in [-0.3, -0.25) is 4.79 Å². The third-order valence-electron chi connectivity index (χ3n) is 1.54. The molecule has 0 heterocycles. The Hall–Kier alpha value is -1.53. The van der Waals surface area contributed by atoms with Gasteiger partial charge in [-0.05, 0) is 29.8 Å². The minimum absolute atomic E-state index is 0.211. The lowest BCUT2D eigenvalue weighted by Crippen LogP contribution is -1.95. The van der Waals surface area contributed by atoms with Gasteiger partial charge in [-0.1, -0.05) is 0 Å². The molecule has 0 N–H and O–H groups in total. The number of methoxy groups -OCH3 is 1. The maximum absolute atomic E-state index is 10.9. The van der Waals surface area contributed by atoms with Crippen molar-refractivity contribution in [3.63, 3.8) is 0 Å². The summed E-state index contributed by atoms with van der Waals surface area (Å²) in [6, 6.07) is 6.40. The molecule has 0 bridgehead atoms. The van der Waals surface area contributed by atoms with Crippen LogP contribution >= 0.6 is 11.6 Å². The molecule has 0 aliphatic heterocycles. The Bertz CT molecular complexity index is 382. The first-order chi connectivity index (χ1) is 6.19. The molecule has 4 heteroatoms. The van der Waals surface area contributed by atoms with Gasteiger partial charge >= 0.3 is 0 Å². The highest BCUT2D eigenvalue weighted by molar-refractivity contribution is 6.68. The number of ether oxygens (including phenoxy) is 1. The van der Waals surface area contributed by atoms with Crippen molar-refractivity contribution in [1.29, 1.82) is 5.26 Å². The van der Waals surface area contributed by atoms with Crippen LogP contribution in [0.2, 0.25) is 0 Å². The van der Waals surface area contributed by atoms with Gasteiger partial charge in [-0.15, -0.1) is 0 Å². The number of nitrogens with zero attached hydrogens (tertiary/aromatic N) is 1. The molecule has 0 fully saturated rings. The SMILES string of the molecule is COc1ccc(C#N)cc1C(=O)Cl. The molecule has 13 heavy (non-hydrogen) atoms. The molecule has 0 aromatic heterocycles. The van der Waals surface area contributed by atoms with Crippen LogP contribution in [0.25, 0.3) is 0 Å². The number of rotatable bonds is 2. The summed E-state index contributed by atoms with van der Waals surface area (Å²) in [5, 5.41) is 7.93. The number of carbonyl (C=O) groups is 1. The molecule has 1 aromatic rings. The summed E-state index contributed by atoms with van der Waals surface area (Å²) in [6.45, 7) is 0. The van der Waals surface area contributed by atoms with Crippen molar-refractivity contribution < 1.29 is 9.53 Å². The van der Waals surface area contributed by atoms with E-state index in [1.54, 1.807) is 6.07 Å². The van der Waals surface area contributed by atoms with E-state index in [9.17, 15) is 4.79 Å². The van der Waals surface area contributed by atoms with Crippen molar-refractivity contribution in [2.45, 2.75) is 0 Å². The average Bonchev–Trinajstić information content (AvgIpc) is 2.16. The lowest BCUT2D eigenvalue weighted by atomic mass is 10.1. The van der Waals surface area contributed by atoms with Crippen molar-refractivity contribution in [3.05, 3.63) is 29.3 Å². The standard InChI is InChI=1S/C9H6ClNO2/c1-13-8-3-2-6(5-11)4-7(8)9(10)12/h2-4H,1H3. The highest BCUT2D eigenvalue weighted by Gasteiger charge is 2.09. The average molecular weight is 196 g/mol. The number of halogens is 1. The van der Waals surface area contributed by atoms with Crippen LogP contribution in [-0.4, -0.2) is 12.4 Å². The Labute approximate surface area is 80.5 Å². The second kappa shape index (κ2) is 3.92. The molecular weight excluding hydrogens is 190 g/mol. The van der Waals surface area contributed by atoms with Gasteiger partial charge in [-0.25, -0.2) is 0 Å². The second-order valence-electron chi connectivity index (χ2n) is 2.30. The monoisotopic (exact) mass is 195 g/mol. The van der Waals surface area contributed by atoms with Crippen LogP contribution < -0.4 is 4.74 Å². The molecule has 1 aromatic carbocycles. The van der Waals surface area contributed by atoms with Crippen molar-refractivity contribution in [2.24, 2.45) is 0 Å². The van der Waals surface area contributed by atoms with Crippen molar-refractivity contribution in [1.82, 2.24) is 0 Å². The molecule has 3 nitrogen and oxygen atoms in total. The maximum Gasteiger partial charge on any atom is 0.256 e. The summed E-state index contributed by atoms with van der Waals surface area (Å²) < 4.78 is 4.89. The van der Waals surface area contributed by atoms with Gasteiger partial charge in [0.2, 0.25) is 0 Å². The quantitative estimate of drug-likeness (QED) is 0.678. The predicted molar refractivity (Wildman–Crippen MR) is 47.9 cm³/mol. The van der Waals surface area contributed by atoms with Gasteiger partial charge in [0.05, 0.1) is 24.3 Å². The van der Waals surface area contributed by atoms with E-state index in [4.69, 9.17) is 21.6 Å². The molecule has 1 rings (SSSR count). The topological polar surface area (TPSA) is 50.1 Å². The molecule has 0 unspecified atom stereocenters. The molecule has 66 valence electrons. The maximum atomic E-state index is 10.9. The van der Waals surface area contributed by atoms with E-state index in [0.717, 1.165) is 0 Å². The fraction of sp³-hybridized carbons (Fsp3) is 0.111. The first-order valence-electron chi connectivity index (χ1n) is 3.47. The van der Waals surface area contributed by atoms with Crippen LogP contribution in [0, 0.1) is 11.3 Å². The number of carbonyl (C=O) groups excluding carboxylic acids is 1. The molecule has 0 atom stereocenters. The predicted octanol–water partition coefficient (Wildman–Crippen LogP) is 1.95. The van der Waals surface area contributed by atoms with Crippen LogP contribution in [0.1, 0.15) is 15.9 Å². The minimum atomic E-state index is -0.631. The number of nitriles is 1. The van der Waals surface area contributed by atoms with Crippen molar-refractivity contribution >= 4 is 16.8 Å². The zero-order valence-corrected chi connectivity index (χ0v) is 7.63. The van der Waals surface area contributed by atoms with E-state index < -0.39 is 5.24 Å². The van der Waals surface area contributed by atoms with Gasteiger partial charge in [0, 0.05) is 0 Å². The highest BCUT2D eigenvalue weighted by Crippen LogP contribution is 2.21. The minimum Gasteiger partial charge on any atom is -0.496 e. The molecule has 0 radical (unpaired) electrons. The summed E-state index contributed by atoms with van der Waals surface area (Å²) in [5.74, 6) is 0.374. The van der Waals surface area contributed by atoms with Crippen LogP contribution in [0.4, 0.5) is 0 Å². The molecule has 0 amide bonds. The summed E-state index contributed by atoms with van der Waals surface area (Å²) in [4.78, 5) is 10.9. The van der Waals surface area contributed by atoms with Crippen LogP contribution in [0.5, 0.6) is 5.75 Å². The van der Waals surface area contributed by atoms with E-state index in [1.165, 1.54) is 19.2 Å². The van der Waals surface area contributed by atoms with Crippen molar-refractivity contribution in [3.8, 4) is 11.8 Å². The van der Waals surface area contributed by atoms with Crippen LogP contribution in [0.15, 0.2) is 18.2 Å². The van der Waals surface area contributed by atoms with E-state index in [-0.39, 0.29) is 5.56 Å². The largest absolute Gasteiger partial charge is 0.496 e. The normalized spacial score (nSPS) is 9.00. The summed E-state index contributed by atoms with van der Waals surface area (Å²) in [6.07, 6.45) is 0. The Morgan fingerprint density at radius 3 is 2.77 bits per heavy atom. The molecule has 0 spiro atoms. The highest BCUT2D eigenvalue weighted by atomic mass is 35.5. The number of hydrogen-bond donors (Lipinski definition) is 0. The van der Waals surface area contributed by atoms with Gasteiger partial charge in [0.25, 0.3) is 5.24 Å². The van der Waals surface area contributed by atoms with Gasteiger partial charge in [0.15, 0.2) is 0 Å². The van der Waals surface area contributed by atoms with Gasteiger partial charge in [0.1, 0.15) is 5.75 Å². The third kappa shape index (κ3) is 1.98. The number of benzene rings is 1. The lowest BCUT2D eigenvalue weighted by molar-refractivity contribution is 0.107. The lowest BCUT2D eigenvalue weighted by Gasteiger charge is -2.03. The summed E-state index contributed by atoms with van der Waals surface area (Å²) >= 11 is 5.29. The molecule has 0 aliphatic rings. The second-order valence-corrected chi connectivity index (χ2v) is 2.64. The van der Waals surface area contributed by atoms with Crippen molar-refractivity contribution in [2.75, 3.05) is 7.11 Å². The summed E-state index contributed by atoms with van der Waals surface area (Å²) in [7, 11) is 1.44. The van der Waals surface area contributed by atoms with E-state index in [2.05, 4.69) is 0 Å². The van der Waals surface area contributed by atoms with Gasteiger partial charge < -0.3 is 4.74 Å². The molecule has 0 saturated heterocycles. The smallest absolute Gasteiger partial charge is 0.256 e. The number of hydrogen-bond acceptors (Lipinski definition) is 3. The first-order valence-corrected chi connectivity index (χ1v) is 3.85. The fourth-order valence-corrected chi connectivity index (χ4v) is 1.08. The zero-order valence-electron chi connectivity index (χ0n) is 6.87. The fourth-order valence-electron chi connectivity index (χ4n) is 0.931. The Morgan fingerprint density at radius 2 is 2.31 bits per heavy atom. The van der Waals surface area contributed by atoms with Gasteiger partial charge in [-0.2, -0.15) is 5.26 Å². The van der Waals surface area contributed by atoms with E-state index in [1.807, 2.05) is 6.07 Å². The van der Waals surface area contributed by atoms with Crippen LogP contribution in [0.3, 0.4) is 0 Å². The Kier molecular flexibility index (Phi) is 2.88. The van der Waals surface area contributed by atoms with Crippen LogP contribution in [-0.2, 0) is 0 Å². The van der Waals surface area contributed by atoms with E-state index in [0.29, 0.717) is 11.3 Å². The summed E-state index contributed by atoms with van der Waals surface area (Å²) in [5.41, 5.74) is 0.591. The first kappa shape index (κ1) is 9.56. The zero-order chi connectivity index (χ0) is 9.84. The molecule has 0 saturated carbocycles. The Balaban J connectivity index is 3.28. The van der Waals surface area contributed by atoms with E-state index >= 15 is 0 Å². The Morgan fingerprint density at radius 1 is 1.62 bits per heavy atom.